The number of nitrogens with zero attached hydrogens (tertiary/aromatic N) is 2. The van der Waals surface area contributed by atoms with Gasteiger partial charge in [0.25, 0.3) is 5.56 Å². The van der Waals surface area contributed by atoms with Gasteiger partial charge in [-0.2, -0.15) is 0 Å². The molecular formula is C18H27N3O2S. The first-order valence-corrected chi connectivity index (χ1v) is 10.00. The lowest BCUT2D eigenvalue weighted by Crippen LogP contribution is -2.42. The average molecular weight is 350 g/mol. The van der Waals surface area contributed by atoms with Crippen molar-refractivity contribution in [3.8, 4) is 0 Å². The van der Waals surface area contributed by atoms with E-state index in [9.17, 15) is 9.59 Å². The van der Waals surface area contributed by atoms with Crippen LogP contribution >= 0.6 is 11.8 Å². The number of thioether (sulfide) groups is 1. The lowest BCUT2D eigenvalue weighted by Gasteiger charge is -2.29. The second kappa shape index (κ2) is 7.30. The molecule has 1 aliphatic carbocycles. The van der Waals surface area contributed by atoms with E-state index in [1.165, 1.54) is 19.3 Å². The zero-order chi connectivity index (χ0) is 17.3. The number of carbonyl (C=O) groups excluding carboxylic acids is 1. The van der Waals surface area contributed by atoms with Crippen molar-refractivity contribution in [1.82, 2.24) is 14.9 Å². The van der Waals surface area contributed by atoms with Crippen LogP contribution in [0.1, 0.15) is 70.5 Å². The van der Waals surface area contributed by atoms with Gasteiger partial charge in [0, 0.05) is 24.3 Å². The van der Waals surface area contributed by atoms with Gasteiger partial charge >= 0.3 is 0 Å². The van der Waals surface area contributed by atoms with Crippen LogP contribution in [0.5, 0.6) is 0 Å². The number of aromatic nitrogens is 2. The Morgan fingerprint density at radius 3 is 2.88 bits per heavy atom. The van der Waals surface area contributed by atoms with Crippen molar-refractivity contribution in [3.63, 3.8) is 0 Å². The summed E-state index contributed by atoms with van der Waals surface area (Å²) in [5, 5.41) is 3.95. The largest absolute Gasteiger partial charge is 0.353 e. The van der Waals surface area contributed by atoms with Gasteiger partial charge in [-0.05, 0) is 24.7 Å². The highest BCUT2D eigenvalue weighted by molar-refractivity contribution is 7.99. The van der Waals surface area contributed by atoms with Crippen LogP contribution in [0, 0.1) is 5.92 Å². The van der Waals surface area contributed by atoms with Crippen molar-refractivity contribution in [2.45, 2.75) is 76.0 Å². The fraction of sp³-hybridized carbons (Fsp3) is 0.722. The van der Waals surface area contributed by atoms with Crippen LogP contribution in [0.2, 0.25) is 0 Å². The zero-order valence-electron chi connectivity index (χ0n) is 14.7. The summed E-state index contributed by atoms with van der Waals surface area (Å²) in [6.07, 6.45) is 5.08. The van der Waals surface area contributed by atoms with E-state index < -0.39 is 0 Å². The third-order valence-electron chi connectivity index (χ3n) is 5.18. The summed E-state index contributed by atoms with van der Waals surface area (Å²) >= 11 is 1.58. The van der Waals surface area contributed by atoms with Gasteiger partial charge < -0.3 is 5.32 Å². The van der Waals surface area contributed by atoms with Gasteiger partial charge in [0.15, 0.2) is 5.16 Å². The second-order valence-electron chi connectivity index (χ2n) is 7.43. The van der Waals surface area contributed by atoms with Gasteiger partial charge in [-0.15, -0.1) is 0 Å². The summed E-state index contributed by atoms with van der Waals surface area (Å²) in [6.45, 7) is 6.29. The minimum Gasteiger partial charge on any atom is -0.353 e. The Hall–Kier alpha value is -1.30. The Labute approximate surface area is 147 Å². The fourth-order valence-electron chi connectivity index (χ4n) is 3.63. The highest BCUT2D eigenvalue weighted by atomic mass is 32.2. The Bertz CT molecular complexity index is 671. The van der Waals surface area contributed by atoms with Crippen molar-refractivity contribution >= 4 is 17.7 Å². The first-order valence-electron chi connectivity index (χ1n) is 9.01. The highest BCUT2D eigenvalue weighted by Crippen LogP contribution is 2.33. The molecule has 0 bridgehead atoms. The first-order chi connectivity index (χ1) is 11.5. The molecule has 0 aromatic carbocycles. The molecule has 2 aliphatic rings. The Morgan fingerprint density at radius 2 is 2.17 bits per heavy atom. The molecule has 1 amide bonds. The third kappa shape index (κ3) is 3.68. The van der Waals surface area contributed by atoms with Gasteiger partial charge in [0.1, 0.15) is 0 Å². The van der Waals surface area contributed by atoms with Crippen LogP contribution < -0.4 is 10.9 Å². The van der Waals surface area contributed by atoms with Crippen LogP contribution in [0.25, 0.3) is 0 Å². The van der Waals surface area contributed by atoms with E-state index in [2.05, 4.69) is 17.2 Å². The smallest absolute Gasteiger partial charge is 0.254 e. The molecule has 1 fully saturated rings. The van der Waals surface area contributed by atoms with E-state index >= 15 is 0 Å². The lowest BCUT2D eigenvalue weighted by atomic mass is 9.86. The highest BCUT2D eigenvalue weighted by Gasteiger charge is 2.29. The molecule has 1 N–H and O–H groups in total. The Balaban J connectivity index is 1.68. The summed E-state index contributed by atoms with van der Waals surface area (Å²) in [5.74, 6) is 1.59. The van der Waals surface area contributed by atoms with Gasteiger partial charge in [-0.3, -0.25) is 14.2 Å². The fourth-order valence-corrected chi connectivity index (χ4v) is 4.78. The van der Waals surface area contributed by atoms with E-state index in [0.717, 1.165) is 23.0 Å². The number of hydrogen-bond acceptors (Lipinski definition) is 4. The van der Waals surface area contributed by atoms with Gasteiger partial charge in [0.2, 0.25) is 5.91 Å². The first kappa shape index (κ1) is 17.5. The van der Waals surface area contributed by atoms with Crippen LogP contribution in [-0.2, 0) is 4.79 Å². The summed E-state index contributed by atoms with van der Waals surface area (Å²) in [5.41, 5.74) is 0.803. The number of carbonyl (C=O) groups is 1. The van der Waals surface area contributed by atoms with Gasteiger partial charge in [-0.1, -0.05) is 45.4 Å². The summed E-state index contributed by atoms with van der Waals surface area (Å²) in [6, 6.07) is 1.83. The van der Waals surface area contributed by atoms with Gasteiger partial charge in [0.05, 0.1) is 11.7 Å². The molecule has 24 heavy (non-hydrogen) atoms. The van der Waals surface area contributed by atoms with E-state index in [1.54, 1.807) is 22.4 Å². The van der Waals surface area contributed by atoms with E-state index in [4.69, 9.17) is 0 Å². The Kier molecular flexibility index (Phi) is 5.33. The van der Waals surface area contributed by atoms with E-state index in [0.29, 0.717) is 12.3 Å². The predicted octanol–water partition coefficient (Wildman–Crippen LogP) is 3.10. The molecule has 2 heterocycles. The summed E-state index contributed by atoms with van der Waals surface area (Å²) in [7, 11) is 0. The van der Waals surface area contributed by atoms with Crippen molar-refractivity contribution in [1.29, 1.82) is 0 Å². The molecule has 6 heteroatoms. The quantitative estimate of drug-likeness (QED) is 0.849. The maximum atomic E-state index is 12.5. The van der Waals surface area contributed by atoms with Crippen LogP contribution in [0.3, 0.4) is 0 Å². The van der Waals surface area contributed by atoms with Crippen LogP contribution in [0.15, 0.2) is 16.0 Å². The van der Waals surface area contributed by atoms with E-state index in [-0.39, 0.29) is 29.5 Å². The normalized spacial score (nSPS) is 26.4. The molecule has 0 spiro atoms. The number of hydrogen-bond donors (Lipinski definition) is 1. The number of fused-ring (bicyclic) bond motifs is 1. The number of nitrogens with one attached hydrogen (secondary N) is 1. The molecule has 1 aromatic rings. The predicted molar refractivity (Wildman–Crippen MR) is 96.5 cm³/mol. The molecule has 0 radical (unpaired) electrons. The minimum atomic E-state index is -0.0786. The van der Waals surface area contributed by atoms with Crippen molar-refractivity contribution in [3.05, 3.63) is 22.1 Å². The molecular weight excluding hydrogens is 322 g/mol. The maximum Gasteiger partial charge on any atom is 0.254 e. The number of amides is 1. The molecule has 5 nitrogen and oxygen atoms in total. The molecule has 1 saturated carbocycles. The monoisotopic (exact) mass is 349 g/mol. The van der Waals surface area contributed by atoms with Gasteiger partial charge in [-0.25, -0.2) is 4.98 Å². The topological polar surface area (TPSA) is 64.0 Å². The number of rotatable bonds is 4. The molecule has 1 aliphatic heterocycles. The molecule has 3 unspecified atom stereocenters. The lowest BCUT2D eigenvalue weighted by molar-refractivity contribution is -0.123. The third-order valence-corrected chi connectivity index (χ3v) is 6.28. The zero-order valence-corrected chi connectivity index (χ0v) is 15.6. The molecule has 3 rings (SSSR count). The second-order valence-corrected chi connectivity index (χ2v) is 8.42. The van der Waals surface area contributed by atoms with Crippen LogP contribution in [0.4, 0.5) is 0 Å². The summed E-state index contributed by atoms with van der Waals surface area (Å²) < 4.78 is 1.71. The van der Waals surface area contributed by atoms with Crippen molar-refractivity contribution in [2.75, 3.05) is 5.75 Å². The molecule has 132 valence electrons. The molecule has 0 saturated heterocycles. The molecule has 3 atom stereocenters. The SMILES string of the molecule is CC(C)c1cc(=O)n2c(n1)SCC2CC(=O)NC1CCCCC1C. The van der Waals surface area contributed by atoms with Crippen molar-refractivity contribution < 1.29 is 4.79 Å². The minimum absolute atomic E-state index is 0.0301. The van der Waals surface area contributed by atoms with E-state index in [1.807, 2.05) is 13.8 Å². The average Bonchev–Trinajstić information content (AvgIpc) is 2.93. The maximum absolute atomic E-state index is 12.5. The molecule has 1 aromatic heterocycles. The summed E-state index contributed by atoms with van der Waals surface area (Å²) in [4.78, 5) is 29.5. The standard InChI is InChI=1S/C18H27N3O2S/c1-11(2)15-9-17(23)21-13(10-24-18(21)20-15)8-16(22)19-14-7-5-4-6-12(14)3/h9,11-14H,4-8,10H2,1-3H3,(H,19,22). The van der Waals surface area contributed by atoms with Crippen molar-refractivity contribution in [2.24, 2.45) is 5.92 Å². The van der Waals surface area contributed by atoms with Crippen LogP contribution in [-0.4, -0.2) is 27.3 Å². The Morgan fingerprint density at radius 1 is 1.42 bits per heavy atom.